The molecule has 0 bridgehead atoms. The maximum absolute atomic E-state index is 10.3. The minimum absolute atomic E-state index is 0.138. The monoisotopic (exact) mass is 290 g/mol. The molecular formula is C19H30O2. The molecule has 0 saturated heterocycles. The van der Waals surface area contributed by atoms with Gasteiger partial charge < -0.3 is 9.84 Å². The van der Waals surface area contributed by atoms with Crippen LogP contribution in [0, 0.1) is 11.8 Å². The lowest BCUT2D eigenvalue weighted by Gasteiger charge is -2.22. The zero-order chi connectivity index (χ0) is 15.5. The van der Waals surface area contributed by atoms with Gasteiger partial charge in [0.25, 0.3) is 0 Å². The summed E-state index contributed by atoms with van der Waals surface area (Å²) >= 11 is 0. The highest BCUT2D eigenvalue weighted by Crippen LogP contribution is 2.16. The van der Waals surface area contributed by atoms with Gasteiger partial charge in [-0.05, 0) is 12.0 Å². The van der Waals surface area contributed by atoms with E-state index in [-0.39, 0.29) is 17.9 Å². The Bertz CT molecular complexity index is 386. The van der Waals surface area contributed by atoms with Gasteiger partial charge in [-0.15, -0.1) is 0 Å². The summed E-state index contributed by atoms with van der Waals surface area (Å²) in [6.07, 6.45) is 7.51. The standard InChI is InChI=1S/C19H30O2/c1-4-5-6-8-11-16(2)19(20)17(3)14-21-15-18-12-9-7-10-13-18/h7-13,16-17,19-20H,4-6,14-15H2,1-3H3/b11-8+/t16-,17-,19+/m0/s1. The van der Waals surface area contributed by atoms with Crippen LogP contribution >= 0.6 is 0 Å². The molecule has 1 rings (SSSR count). The van der Waals surface area contributed by atoms with Gasteiger partial charge in [0.05, 0.1) is 19.3 Å². The Balaban J connectivity index is 2.26. The number of aliphatic hydroxyl groups is 1. The number of unbranched alkanes of at least 4 members (excludes halogenated alkanes) is 2. The summed E-state index contributed by atoms with van der Waals surface area (Å²) in [6.45, 7) is 7.51. The summed E-state index contributed by atoms with van der Waals surface area (Å²) in [6, 6.07) is 10.1. The third-order valence-corrected chi connectivity index (χ3v) is 3.78. The summed E-state index contributed by atoms with van der Waals surface area (Å²) in [5.74, 6) is 0.316. The molecule has 0 aliphatic rings. The van der Waals surface area contributed by atoms with Gasteiger partial charge in [0.15, 0.2) is 0 Å². The molecule has 0 aromatic heterocycles. The number of hydrogen-bond donors (Lipinski definition) is 1. The molecule has 0 heterocycles. The number of hydrogen-bond acceptors (Lipinski definition) is 2. The summed E-state index contributed by atoms with van der Waals surface area (Å²) in [5.41, 5.74) is 1.17. The average Bonchev–Trinajstić information content (AvgIpc) is 2.51. The van der Waals surface area contributed by atoms with Crippen LogP contribution in [0.5, 0.6) is 0 Å². The van der Waals surface area contributed by atoms with Gasteiger partial charge in [0, 0.05) is 11.8 Å². The van der Waals surface area contributed by atoms with Crippen molar-refractivity contribution < 1.29 is 9.84 Å². The molecule has 1 aromatic rings. The van der Waals surface area contributed by atoms with Gasteiger partial charge in [0.1, 0.15) is 0 Å². The van der Waals surface area contributed by atoms with Crippen molar-refractivity contribution in [3.63, 3.8) is 0 Å². The lowest BCUT2D eigenvalue weighted by Crippen LogP contribution is -2.27. The van der Waals surface area contributed by atoms with Crippen molar-refractivity contribution in [1.29, 1.82) is 0 Å². The first-order valence-electron chi connectivity index (χ1n) is 8.11. The molecule has 2 heteroatoms. The molecule has 21 heavy (non-hydrogen) atoms. The summed E-state index contributed by atoms with van der Waals surface area (Å²) < 4.78 is 5.71. The van der Waals surface area contributed by atoms with Crippen LogP contribution in [0.4, 0.5) is 0 Å². The Hall–Kier alpha value is -1.12. The smallest absolute Gasteiger partial charge is 0.0717 e. The Morgan fingerprint density at radius 1 is 1.19 bits per heavy atom. The fourth-order valence-electron chi connectivity index (χ4n) is 2.30. The second kappa shape index (κ2) is 10.6. The van der Waals surface area contributed by atoms with Crippen molar-refractivity contribution in [3.05, 3.63) is 48.0 Å². The summed E-state index contributed by atoms with van der Waals surface area (Å²) in [5, 5.41) is 10.3. The van der Waals surface area contributed by atoms with Crippen molar-refractivity contribution >= 4 is 0 Å². The molecule has 0 spiro atoms. The first kappa shape index (κ1) is 17.9. The molecule has 2 nitrogen and oxygen atoms in total. The molecule has 0 aliphatic heterocycles. The molecule has 1 aromatic carbocycles. The molecule has 0 saturated carbocycles. The third kappa shape index (κ3) is 7.45. The fourth-order valence-corrected chi connectivity index (χ4v) is 2.30. The summed E-state index contributed by atoms with van der Waals surface area (Å²) in [7, 11) is 0. The van der Waals surface area contributed by atoms with E-state index in [1.165, 1.54) is 18.4 Å². The van der Waals surface area contributed by atoms with Crippen molar-refractivity contribution in [1.82, 2.24) is 0 Å². The van der Waals surface area contributed by atoms with E-state index < -0.39 is 0 Å². The minimum atomic E-state index is -0.348. The van der Waals surface area contributed by atoms with Crippen LogP contribution in [0.1, 0.15) is 45.6 Å². The molecule has 3 atom stereocenters. The van der Waals surface area contributed by atoms with Gasteiger partial charge in [-0.2, -0.15) is 0 Å². The van der Waals surface area contributed by atoms with E-state index in [1.807, 2.05) is 25.1 Å². The van der Waals surface area contributed by atoms with Crippen LogP contribution in [0.3, 0.4) is 0 Å². The van der Waals surface area contributed by atoms with E-state index in [0.29, 0.717) is 13.2 Å². The van der Waals surface area contributed by atoms with Crippen molar-refractivity contribution in [2.24, 2.45) is 11.8 Å². The lowest BCUT2D eigenvalue weighted by atomic mass is 9.93. The van der Waals surface area contributed by atoms with Gasteiger partial charge in [-0.3, -0.25) is 0 Å². The molecule has 0 fully saturated rings. The van der Waals surface area contributed by atoms with Crippen LogP contribution in [-0.4, -0.2) is 17.8 Å². The highest BCUT2D eigenvalue weighted by Gasteiger charge is 2.19. The molecule has 1 N–H and O–H groups in total. The lowest BCUT2D eigenvalue weighted by molar-refractivity contribution is 0.0133. The van der Waals surface area contributed by atoms with Gasteiger partial charge in [0.2, 0.25) is 0 Å². The number of rotatable bonds is 10. The minimum Gasteiger partial charge on any atom is -0.392 e. The van der Waals surface area contributed by atoms with Gasteiger partial charge in [-0.25, -0.2) is 0 Å². The van der Waals surface area contributed by atoms with E-state index in [9.17, 15) is 5.11 Å². The predicted octanol–water partition coefficient (Wildman–Crippen LogP) is 4.58. The zero-order valence-electron chi connectivity index (χ0n) is 13.7. The van der Waals surface area contributed by atoms with E-state index in [0.717, 1.165) is 6.42 Å². The van der Waals surface area contributed by atoms with E-state index in [2.05, 4.69) is 38.1 Å². The first-order chi connectivity index (χ1) is 10.1. The van der Waals surface area contributed by atoms with Crippen LogP contribution < -0.4 is 0 Å². The number of benzene rings is 1. The highest BCUT2D eigenvalue weighted by atomic mass is 16.5. The van der Waals surface area contributed by atoms with Crippen LogP contribution in [0.15, 0.2) is 42.5 Å². The largest absolute Gasteiger partial charge is 0.392 e. The zero-order valence-corrected chi connectivity index (χ0v) is 13.7. The highest BCUT2D eigenvalue weighted by molar-refractivity contribution is 5.13. The van der Waals surface area contributed by atoms with Gasteiger partial charge >= 0.3 is 0 Å². The number of aliphatic hydroxyl groups excluding tert-OH is 1. The number of ether oxygens (including phenoxy) is 1. The predicted molar refractivity (Wildman–Crippen MR) is 89.1 cm³/mol. The van der Waals surface area contributed by atoms with Crippen LogP contribution in [0.25, 0.3) is 0 Å². The quantitative estimate of drug-likeness (QED) is 0.505. The SMILES string of the molecule is CCCC/C=C/[C@H](C)[C@@H](O)[C@@H](C)COCc1ccccc1. The van der Waals surface area contributed by atoms with E-state index in [1.54, 1.807) is 0 Å². The fraction of sp³-hybridized carbons (Fsp3) is 0.579. The summed E-state index contributed by atoms with van der Waals surface area (Å²) in [4.78, 5) is 0. The van der Waals surface area contributed by atoms with Crippen LogP contribution in [-0.2, 0) is 11.3 Å². The Kier molecular flexibility index (Phi) is 9.04. The normalized spacial score (nSPS) is 16.0. The van der Waals surface area contributed by atoms with E-state index >= 15 is 0 Å². The topological polar surface area (TPSA) is 29.5 Å². The Morgan fingerprint density at radius 2 is 1.90 bits per heavy atom. The first-order valence-corrected chi connectivity index (χ1v) is 8.11. The van der Waals surface area contributed by atoms with Crippen LogP contribution in [0.2, 0.25) is 0 Å². The maximum atomic E-state index is 10.3. The average molecular weight is 290 g/mol. The Morgan fingerprint density at radius 3 is 2.57 bits per heavy atom. The van der Waals surface area contributed by atoms with Gasteiger partial charge in [-0.1, -0.05) is 76.1 Å². The Labute approximate surface area is 129 Å². The molecule has 0 amide bonds. The second-order valence-corrected chi connectivity index (χ2v) is 5.90. The number of allylic oxidation sites excluding steroid dienone is 1. The molecule has 0 aliphatic carbocycles. The molecule has 0 unspecified atom stereocenters. The van der Waals surface area contributed by atoms with Crippen molar-refractivity contribution in [2.75, 3.05) is 6.61 Å². The third-order valence-electron chi connectivity index (χ3n) is 3.78. The molecule has 118 valence electrons. The molecule has 0 radical (unpaired) electrons. The second-order valence-electron chi connectivity index (χ2n) is 5.90. The van der Waals surface area contributed by atoms with Crippen molar-refractivity contribution in [3.8, 4) is 0 Å². The molecular weight excluding hydrogens is 260 g/mol. The van der Waals surface area contributed by atoms with E-state index in [4.69, 9.17) is 4.74 Å². The maximum Gasteiger partial charge on any atom is 0.0717 e. The van der Waals surface area contributed by atoms with Crippen molar-refractivity contribution in [2.45, 2.75) is 52.7 Å².